The van der Waals surface area contributed by atoms with Gasteiger partial charge in [0.2, 0.25) is 0 Å². The molecule has 2 aromatic rings. The lowest BCUT2D eigenvalue weighted by Gasteiger charge is -2.15. The molecular formula is C12H11N3OS. The van der Waals surface area contributed by atoms with Crippen LogP contribution in [0.25, 0.3) is 0 Å². The molecule has 0 unspecified atom stereocenters. The fourth-order valence-electron chi connectivity index (χ4n) is 2.07. The van der Waals surface area contributed by atoms with Crippen LogP contribution in [0.2, 0.25) is 0 Å². The zero-order valence-corrected chi connectivity index (χ0v) is 9.91. The highest BCUT2D eigenvalue weighted by molar-refractivity contribution is 7.08. The van der Waals surface area contributed by atoms with E-state index in [0.29, 0.717) is 10.7 Å². The van der Waals surface area contributed by atoms with Crippen LogP contribution in [0, 0.1) is 0 Å². The molecule has 2 heterocycles. The number of aromatic nitrogens is 1. The zero-order chi connectivity index (χ0) is 11.8. The summed E-state index contributed by atoms with van der Waals surface area (Å²) in [5.74, 6) is 0.398. The SMILES string of the molecule is Nc1cc(C(=O)N2CCc3ccccc32)sn1. The van der Waals surface area contributed by atoms with Crippen molar-refractivity contribution in [1.29, 1.82) is 0 Å². The molecule has 0 spiro atoms. The van der Waals surface area contributed by atoms with Crippen molar-refractivity contribution in [2.75, 3.05) is 17.2 Å². The molecule has 0 bridgehead atoms. The molecule has 1 aromatic carbocycles. The second-order valence-corrected chi connectivity index (χ2v) is 4.76. The smallest absolute Gasteiger partial charge is 0.270 e. The highest BCUT2D eigenvalue weighted by Gasteiger charge is 2.26. The maximum absolute atomic E-state index is 12.3. The van der Waals surface area contributed by atoms with Crippen molar-refractivity contribution in [3.05, 3.63) is 40.8 Å². The lowest BCUT2D eigenvalue weighted by atomic mass is 10.2. The quantitative estimate of drug-likeness (QED) is 0.835. The number of nitrogens with two attached hydrogens (primary N) is 1. The highest BCUT2D eigenvalue weighted by Crippen LogP contribution is 2.29. The fourth-order valence-corrected chi connectivity index (χ4v) is 2.69. The molecule has 4 nitrogen and oxygen atoms in total. The molecular weight excluding hydrogens is 234 g/mol. The van der Waals surface area contributed by atoms with Crippen LogP contribution >= 0.6 is 11.5 Å². The lowest BCUT2D eigenvalue weighted by Crippen LogP contribution is -2.28. The third-order valence-electron chi connectivity index (χ3n) is 2.87. The Kier molecular flexibility index (Phi) is 2.33. The zero-order valence-electron chi connectivity index (χ0n) is 9.09. The van der Waals surface area contributed by atoms with Gasteiger partial charge in [0.1, 0.15) is 10.7 Å². The Hall–Kier alpha value is -1.88. The first kappa shape index (κ1) is 10.3. The van der Waals surface area contributed by atoms with Crippen LogP contribution in [-0.2, 0) is 6.42 Å². The number of rotatable bonds is 1. The van der Waals surface area contributed by atoms with E-state index in [1.807, 2.05) is 18.2 Å². The van der Waals surface area contributed by atoms with Crippen molar-refractivity contribution in [3.8, 4) is 0 Å². The summed E-state index contributed by atoms with van der Waals surface area (Å²) in [5, 5.41) is 0. The molecule has 0 fully saturated rings. The van der Waals surface area contributed by atoms with E-state index in [4.69, 9.17) is 5.73 Å². The summed E-state index contributed by atoms with van der Waals surface area (Å²) >= 11 is 1.15. The molecule has 17 heavy (non-hydrogen) atoms. The first-order valence-electron chi connectivity index (χ1n) is 5.37. The standard InChI is InChI=1S/C12H11N3OS/c13-11-7-10(17-14-11)12(16)15-6-5-8-3-1-2-4-9(8)15/h1-4,7H,5-6H2,(H2,13,14). The monoisotopic (exact) mass is 245 g/mol. The van der Waals surface area contributed by atoms with Crippen LogP contribution in [0.3, 0.4) is 0 Å². The van der Waals surface area contributed by atoms with E-state index in [1.54, 1.807) is 11.0 Å². The highest BCUT2D eigenvalue weighted by atomic mass is 32.1. The number of carbonyl (C=O) groups excluding carboxylic acids is 1. The molecule has 86 valence electrons. The summed E-state index contributed by atoms with van der Waals surface area (Å²) in [6.07, 6.45) is 0.913. The Balaban J connectivity index is 1.95. The van der Waals surface area contributed by atoms with E-state index >= 15 is 0 Å². The van der Waals surface area contributed by atoms with Crippen LogP contribution in [0.5, 0.6) is 0 Å². The van der Waals surface area contributed by atoms with Crippen LogP contribution in [0.4, 0.5) is 11.5 Å². The van der Waals surface area contributed by atoms with Crippen molar-refractivity contribution in [1.82, 2.24) is 4.37 Å². The average molecular weight is 245 g/mol. The number of fused-ring (bicyclic) bond motifs is 1. The molecule has 0 aliphatic carbocycles. The number of carbonyl (C=O) groups is 1. The number of nitrogens with zero attached hydrogens (tertiary/aromatic N) is 2. The Labute approximate surface area is 103 Å². The van der Waals surface area contributed by atoms with Gasteiger partial charge in [0.05, 0.1) is 0 Å². The predicted molar refractivity (Wildman–Crippen MR) is 68.3 cm³/mol. The molecule has 1 amide bonds. The van der Waals surface area contributed by atoms with E-state index in [1.165, 1.54) is 5.56 Å². The number of para-hydroxylation sites is 1. The molecule has 1 aliphatic heterocycles. The molecule has 1 aliphatic rings. The number of nitrogen functional groups attached to an aromatic ring is 1. The molecule has 1 aromatic heterocycles. The summed E-state index contributed by atoms with van der Waals surface area (Å²) < 4.78 is 3.94. The van der Waals surface area contributed by atoms with Gasteiger partial charge < -0.3 is 10.6 Å². The Morgan fingerprint density at radius 1 is 1.41 bits per heavy atom. The van der Waals surface area contributed by atoms with Crippen molar-refractivity contribution in [2.45, 2.75) is 6.42 Å². The maximum atomic E-state index is 12.3. The largest absolute Gasteiger partial charge is 0.383 e. The van der Waals surface area contributed by atoms with E-state index < -0.39 is 0 Å². The van der Waals surface area contributed by atoms with E-state index in [9.17, 15) is 4.79 Å². The molecule has 0 saturated carbocycles. The van der Waals surface area contributed by atoms with E-state index in [-0.39, 0.29) is 5.91 Å². The third kappa shape index (κ3) is 1.68. The first-order valence-corrected chi connectivity index (χ1v) is 6.15. The van der Waals surface area contributed by atoms with Crippen molar-refractivity contribution in [3.63, 3.8) is 0 Å². The van der Waals surface area contributed by atoms with Gasteiger partial charge >= 0.3 is 0 Å². The summed E-state index contributed by atoms with van der Waals surface area (Å²) in [6, 6.07) is 9.62. The normalized spacial score (nSPS) is 13.8. The summed E-state index contributed by atoms with van der Waals surface area (Å²) in [5.41, 5.74) is 7.76. The Morgan fingerprint density at radius 3 is 3.00 bits per heavy atom. The van der Waals surface area contributed by atoms with Gasteiger partial charge in [0.25, 0.3) is 5.91 Å². The van der Waals surface area contributed by atoms with Gasteiger partial charge in [-0.2, -0.15) is 4.37 Å². The van der Waals surface area contributed by atoms with Crippen LogP contribution < -0.4 is 10.6 Å². The number of benzene rings is 1. The van der Waals surface area contributed by atoms with Gasteiger partial charge in [0, 0.05) is 18.3 Å². The van der Waals surface area contributed by atoms with Gasteiger partial charge in [-0.05, 0) is 29.6 Å². The molecule has 2 N–H and O–H groups in total. The number of anilines is 2. The van der Waals surface area contributed by atoms with Gasteiger partial charge in [-0.25, -0.2) is 0 Å². The molecule has 3 rings (SSSR count). The number of amides is 1. The van der Waals surface area contributed by atoms with Crippen molar-refractivity contribution in [2.24, 2.45) is 0 Å². The van der Waals surface area contributed by atoms with Crippen LogP contribution in [0.1, 0.15) is 15.2 Å². The van der Waals surface area contributed by atoms with Gasteiger partial charge in [-0.1, -0.05) is 18.2 Å². The summed E-state index contributed by atoms with van der Waals surface area (Å²) in [7, 11) is 0. The second kappa shape index (κ2) is 3.85. The van der Waals surface area contributed by atoms with Gasteiger partial charge in [-0.3, -0.25) is 4.79 Å². The predicted octanol–water partition coefficient (Wildman–Crippen LogP) is 1.93. The first-order chi connectivity index (χ1) is 8.25. The summed E-state index contributed by atoms with van der Waals surface area (Å²) in [4.78, 5) is 14.7. The van der Waals surface area contributed by atoms with Crippen LogP contribution in [0.15, 0.2) is 30.3 Å². The minimum Gasteiger partial charge on any atom is -0.383 e. The van der Waals surface area contributed by atoms with E-state index in [2.05, 4.69) is 10.4 Å². The molecule has 0 saturated heterocycles. The molecule has 0 atom stereocenters. The topological polar surface area (TPSA) is 59.2 Å². The maximum Gasteiger partial charge on any atom is 0.270 e. The summed E-state index contributed by atoms with van der Waals surface area (Å²) in [6.45, 7) is 0.732. The molecule has 0 radical (unpaired) electrons. The Bertz CT molecular complexity index is 579. The second-order valence-electron chi connectivity index (χ2n) is 3.95. The van der Waals surface area contributed by atoms with E-state index in [0.717, 1.165) is 30.2 Å². The lowest BCUT2D eigenvalue weighted by molar-refractivity contribution is 0.0993. The number of hydrogen-bond donors (Lipinski definition) is 1. The van der Waals surface area contributed by atoms with Crippen LogP contribution in [-0.4, -0.2) is 16.8 Å². The fraction of sp³-hybridized carbons (Fsp3) is 0.167. The third-order valence-corrected chi connectivity index (χ3v) is 3.66. The molecule has 5 heteroatoms. The Morgan fingerprint density at radius 2 is 2.24 bits per heavy atom. The minimum absolute atomic E-state index is 0.0100. The van der Waals surface area contributed by atoms with Gasteiger partial charge in [0.15, 0.2) is 0 Å². The average Bonchev–Trinajstić information content (AvgIpc) is 2.94. The van der Waals surface area contributed by atoms with Crippen molar-refractivity contribution < 1.29 is 4.79 Å². The minimum atomic E-state index is -0.0100. The van der Waals surface area contributed by atoms with Gasteiger partial charge in [-0.15, -0.1) is 0 Å². The van der Waals surface area contributed by atoms with Crippen molar-refractivity contribution >= 4 is 28.9 Å². The number of hydrogen-bond acceptors (Lipinski definition) is 4.